The van der Waals surface area contributed by atoms with Crippen LogP contribution >= 0.6 is 11.6 Å². The maximum atomic E-state index is 12.1. The maximum Gasteiger partial charge on any atom is 0.267 e. The van der Waals surface area contributed by atoms with Gasteiger partial charge in [-0.25, -0.2) is 0 Å². The molecule has 0 atom stereocenters. The number of ether oxygens (including phenoxy) is 1. The van der Waals surface area contributed by atoms with Crippen molar-refractivity contribution < 1.29 is 4.74 Å². The zero-order valence-electron chi connectivity index (χ0n) is 12.7. The Morgan fingerprint density at radius 1 is 1.04 bits per heavy atom. The van der Waals surface area contributed by atoms with Crippen molar-refractivity contribution in [3.8, 4) is 17.0 Å². The zero-order valence-corrected chi connectivity index (χ0v) is 13.5. The lowest BCUT2D eigenvalue weighted by atomic mass is 10.0. The van der Waals surface area contributed by atoms with Crippen molar-refractivity contribution in [3.63, 3.8) is 0 Å². The van der Waals surface area contributed by atoms with Crippen LogP contribution in [-0.4, -0.2) is 17.3 Å². The molecule has 0 amide bonds. The monoisotopic (exact) mass is 328 g/mol. The summed E-state index contributed by atoms with van der Waals surface area (Å²) < 4.78 is 5.16. The number of aromatic nitrogens is 2. The summed E-state index contributed by atoms with van der Waals surface area (Å²) in [6.07, 6.45) is 1.39. The van der Waals surface area contributed by atoms with E-state index in [2.05, 4.69) is 10.2 Å². The SMILES string of the molecule is COc1ccc(-c2[nH][nH]c(=O)c2CCc2cccc(Cl)c2)cc1. The van der Waals surface area contributed by atoms with E-state index in [4.69, 9.17) is 16.3 Å². The van der Waals surface area contributed by atoms with Crippen LogP contribution in [0.25, 0.3) is 11.3 Å². The van der Waals surface area contributed by atoms with E-state index in [1.807, 2.05) is 48.5 Å². The topological polar surface area (TPSA) is 57.9 Å². The van der Waals surface area contributed by atoms with Gasteiger partial charge in [0.25, 0.3) is 5.56 Å². The van der Waals surface area contributed by atoms with Gasteiger partial charge >= 0.3 is 0 Å². The maximum absolute atomic E-state index is 12.1. The second-order valence-electron chi connectivity index (χ2n) is 5.29. The molecule has 5 heteroatoms. The minimum Gasteiger partial charge on any atom is -0.497 e. The average molecular weight is 329 g/mol. The number of benzene rings is 2. The van der Waals surface area contributed by atoms with E-state index < -0.39 is 0 Å². The molecule has 2 N–H and O–H groups in total. The van der Waals surface area contributed by atoms with Gasteiger partial charge in [0, 0.05) is 16.1 Å². The molecule has 1 aromatic heterocycles. The Morgan fingerprint density at radius 3 is 2.52 bits per heavy atom. The average Bonchev–Trinajstić information content (AvgIpc) is 2.94. The lowest BCUT2D eigenvalue weighted by molar-refractivity contribution is 0.415. The highest BCUT2D eigenvalue weighted by atomic mass is 35.5. The van der Waals surface area contributed by atoms with Crippen LogP contribution in [0.1, 0.15) is 11.1 Å². The zero-order chi connectivity index (χ0) is 16.2. The van der Waals surface area contributed by atoms with Gasteiger partial charge in [0.2, 0.25) is 0 Å². The van der Waals surface area contributed by atoms with Crippen LogP contribution in [0.5, 0.6) is 5.75 Å². The van der Waals surface area contributed by atoms with Crippen LogP contribution in [0.4, 0.5) is 0 Å². The first-order valence-corrected chi connectivity index (χ1v) is 7.73. The fourth-order valence-electron chi connectivity index (χ4n) is 2.59. The van der Waals surface area contributed by atoms with Crippen molar-refractivity contribution in [1.82, 2.24) is 10.2 Å². The highest BCUT2D eigenvalue weighted by Gasteiger charge is 2.12. The van der Waals surface area contributed by atoms with Crippen LogP contribution < -0.4 is 10.3 Å². The first kappa shape index (κ1) is 15.4. The van der Waals surface area contributed by atoms with E-state index >= 15 is 0 Å². The van der Waals surface area contributed by atoms with Crippen molar-refractivity contribution >= 4 is 11.6 Å². The number of rotatable bonds is 5. The summed E-state index contributed by atoms with van der Waals surface area (Å²) in [6, 6.07) is 15.3. The Hall–Kier alpha value is -2.46. The third kappa shape index (κ3) is 3.48. The van der Waals surface area contributed by atoms with Gasteiger partial charge in [0.1, 0.15) is 5.75 Å². The molecule has 1 heterocycles. The molecule has 23 heavy (non-hydrogen) atoms. The summed E-state index contributed by atoms with van der Waals surface area (Å²) in [5.41, 5.74) is 3.54. The Bertz CT molecular complexity index is 850. The summed E-state index contributed by atoms with van der Waals surface area (Å²) in [4.78, 5) is 12.1. The third-order valence-corrected chi connectivity index (χ3v) is 4.04. The predicted octanol–water partition coefficient (Wildman–Crippen LogP) is 3.82. The molecule has 0 aliphatic rings. The second kappa shape index (κ2) is 6.75. The molecule has 0 fully saturated rings. The number of nitrogens with one attached hydrogen (secondary N) is 2. The van der Waals surface area contributed by atoms with Gasteiger partial charge in [-0.05, 0) is 54.8 Å². The molecule has 0 saturated carbocycles. The quantitative estimate of drug-likeness (QED) is 0.748. The van der Waals surface area contributed by atoms with Crippen molar-refractivity contribution in [2.75, 3.05) is 7.11 Å². The van der Waals surface area contributed by atoms with Crippen LogP contribution in [-0.2, 0) is 12.8 Å². The summed E-state index contributed by atoms with van der Waals surface area (Å²) >= 11 is 6.01. The molecular weight excluding hydrogens is 312 g/mol. The fraction of sp³-hybridized carbons (Fsp3) is 0.167. The lowest BCUT2D eigenvalue weighted by Gasteiger charge is -2.05. The van der Waals surface area contributed by atoms with Crippen LogP contribution in [0.2, 0.25) is 5.02 Å². The molecular formula is C18H17ClN2O2. The molecule has 0 radical (unpaired) electrons. The smallest absolute Gasteiger partial charge is 0.267 e. The van der Waals surface area contributed by atoms with Crippen molar-refractivity contribution in [2.24, 2.45) is 0 Å². The van der Waals surface area contributed by atoms with Crippen LogP contribution in [0.15, 0.2) is 53.3 Å². The highest BCUT2D eigenvalue weighted by molar-refractivity contribution is 6.30. The first-order chi connectivity index (χ1) is 11.2. The Balaban J connectivity index is 1.85. The number of H-pyrrole nitrogens is 2. The second-order valence-corrected chi connectivity index (χ2v) is 5.73. The Kier molecular flexibility index (Phi) is 4.53. The normalized spacial score (nSPS) is 10.7. The highest BCUT2D eigenvalue weighted by Crippen LogP contribution is 2.23. The third-order valence-electron chi connectivity index (χ3n) is 3.81. The van der Waals surface area contributed by atoms with Gasteiger partial charge in [-0.1, -0.05) is 23.7 Å². The van der Waals surface area contributed by atoms with Gasteiger partial charge in [0.05, 0.1) is 12.8 Å². The summed E-state index contributed by atoms with van der Waals surface area (Å²) in [6.45, 7) is 0. The Morgan fingerprint density at radius 2 is 1.83 bits per heavy atom. The Labute approximate surface area is 139 Å². The summed E-state index contributed by atoms with van der Waals surface area (Å²) in [7, 11) is 1.63. The van der Waals surface area contributed by atoms with E-state index in [1.165, 1.54) is 0 Å². The number of aromatic amines is 2. The lowest BCUT2D eigenvalue weighted by Crippen LogP contribution is -2.07. The number of aryl methyl sites for hydroxylation is 1. The van der Waals surface area contributed by atoms with Crippen molar-refractivity contribution in [1.29, 1.82) is 0 Å². The first-order valence-electron chi connectivity index (χ1n) is 7.36. The molecule has 2 aromatic carbocycles. The molecule has 0 bridgehead atoms. The van der Waals surface area contributed by atoms with E-state index in [9.17, 15) is 4.79 Å². The van der Waals surface area contributed by atoms with Gasteiger partial charge in [-0.3, -0.25) is 15.0 Å². The van der Waals surface area contributed by atoms with E-state index in [1.54, 1.807) is 7.11 Å². The van der Waals surface area contributed by atoms with Crippen molar-refractivity contribution in [2.45, 2.75) is 12.8 Å². The molecule has 118 valence electrons. The van der Waals surface area contributed by atoms with E-state index in [0.29, 0.717) is 11.4 Å². The number of hydrogen-bond donors (Lipinski definition) is 2. The minimum atomic E-state index is -0.0853. The van der Waals surface area contributed by atoms with E-state index in [0.717, 1.165) is 34.6 Å². The summed E-state index contributed by atoms with van der Waals surface area (Å²) in [5, 5.41) is 6.35. The van der Waals surface area contributed by atoms with Crippen LogP contribution in [0.3, 0.4) is 0 Å². The van der Waals surface area contributed by atoms with Gasteiger partial charge < -0.3 is 4.74 Å². The molecule has 4 nitrogen and oxygen atoms in total. The standard InChI is InChI=1S/C18H17ClN2O2/c1-23-15-8-6-13(7-9-15)17-16(18(22)21-20-17)10-5-12-3-2-4-14(19)11-12/h2-4,6-9,11H,5,10H2,1H3,(H2,20,21,22). The number of hydrogen-bond acceptors (Lipinski definition) is 2. The van der Waals surface area contributed by atoms with Crippen LogP contribution in [0, 0.1) is 0 Å². The van der Waals surface area contributed by atoms with E-state index in [-0.39, 0.29) is 5.56 Å². The molecule has 3 rings (SSSR count). The molecule has 0 saturated heterocycles. The molecule has 0 unspecified atom stereocenters. The van der Waals surface area contributed by atoms with Gasteiger partial charge in [-0.15, -0.1) is 0 Å². The fourth-order valence-corrected chi connectivity index (χ4v) is 2.80. The molecule has 0 aliphatic carbocycles. The minimum absolute atomic E-state index is 0.0853. The number of methoxy groups -OCH3 is 1. The molecule has 0 spiro atoms. The number of halogens is 1. The summed E-state index contributed by atoms with van der Waals surface area (Å²) in [5.74, 6) is 0.784. The van der Waals surface area contributed by atoms with Gasteiger partial charge in [0.15, 0.2) is 0 Å². The molecule has 0 aliphatic heterocycles. The largest absolute Gasteiger partial charge is 0.497 e. The molecule has 3 aromatic rings. The van der Waals surface area contributed by atoms with Gasteiger partial charge in [-0.2, -0.15) is 0 Å². The predicted molar refractivity (Wildman–Crippen MR) is 92.3 cm³/mol. The van der Waals surface area contributed by atoms with Crippen molar-refractivity contribution in [3.05, 3.63) is 75.0 Å².